The predicted molar refractivity (Wildman–Crippen MR) is 77.7 cm³/mol. The van der Waals surface area contributed by atoms with Crippen LogP contribution in [0.1, 0.15) is 19.4 Å². The molecule has 0 aliphatic rings. The molecule has 0 bridgehead atoms. The van der Waals surface area contributed by atoms with Crippen LogP contribution in [0.25, 0.3) is 0 Å². The average molecular weight is 313 g/mol. The third-order valence-corrected chi connectivity index (χ3v) is 2.95. The van der Waals surface area contributed by atoms with E-state index in [4.69, 9.17) is 16.3 Å². The van der Waals surface area contributed by atoms with Crippen LogP contribution < -0.4 is 10.1 Å². The zero-order valence-electron chi connectivity index (χ0n) is 11.7. The largest absolute Gasteiger partial charge is 0.434 e. The molecule has 2 rings (SSSR count). The maximum absolute atomic E-state index is 13.5. The summed E-state index contributed by atoms with van der Waals surface area (Å²) in [4.78, 5) is 4.04. The molecular formula is C15H15ClF2N2O. The highest BCUT2D eigenvalue weighted by atomic mass is 35.5. The summed E-state index contributed by atoms with van der Waals surface area (Å²) in [6.45, 7) is 4.66. The van der Waals surface area contributed by atoms with Gasteiger partial charge in [-0.05, 0) is 23.8 Å². The van der Waals surface area contributed by atoms with Crippen LogP contribution in [-0.2, 0) is 6.54 Å². The zero-order chi connectivity index (χ0) is 15.4. The number of hydrogen-bond acceptors (Lipinski definition) is 3. The Hall–Kier alpha value is -1.72. The Morgan fingerprint density at radius 3 is 2.71 bits per heavy atom. The van der Waals surface area contributed by atoms with Gasteiger partial charge >= 0.3 is 0 Å². The fourth-order valence-corrected chi connectivity index (χ4v) is 1.85. The lowest BCUT2D eigenvalue weighted by Gasteiger charge is -2.10. The van der Waals surface area contributed by atoms with Crippen molar-refractivity contribution < 1.29 is 13.5 Å². The molecule has 0 atom stereocenters. The summed E-state index contributed by atoms with van der Waals surface area (Å²) in [6.07, 6.45) is 1.58. The van der Waals surface area contributed by atoms with Gasteiger partial charge < -0.3 is 10.1 Å². The van der Waals surface area contributed by atoms with Gasteiger partial charge in [-0.2, -0.15) is 0 Å². The highest BCUT2D eigenvalue weighted by Gasteiger charge is 2.11. The molecule has 1 N–H and O–H groups in total. The molecule has 2 aromatic rings. The first-order chi connectivity index (χ1) is 9.95. The van der Waals surface area contributed by atoms with Crippen LogP contribution in [0.15, 0.2) is 30.5 Å². The minimum atomic E-state index is -0.681. The van der Waals surface area contributed by atoms with Crippen molar-refractivity contribution in [2.45, 2.75) is 26.4 Å². The van der Waals surface area contributed by atoms with Crippen molar-refractivity contribution in [3.63, 3.8) is 0 Å². The van der Waals surface area contributed by atoms with Gasteiger partial charge in [0.2, 0.25) is 5.88 Å². The SMILES string of the molecule is CC(C)NCc1cnc(Oc2cc(F)ccc2F)c(Cl)c1. The van der Waals surface area contributed by atoms with Gasteiger partial charge in [0.15, 0.2) is 11.6 Å². The molecule has 0 fully saturated rings. The first-order valence-electron chi connectivity index (χ1n) is 6.46. The number of rotatable bonds is 5. The van der Waals surface area contributed by atoms with Crippen LogP contribution in [-0.4, -0.2) is 11.0 Å². The second-order valence-electron chi connectivity index (χ2n) is 4.84. The van der Waals surface area contributed by atoms with Crippen molar-refractivity contribution in [1.82, 2.24) is 10.3 Å². The lowest BCUT2D eigenvalue weighted by atomic mass is 10.2. The molecule has 1 heterocycles. The predicted octanol–water partition coefficient (Wildman–Crippen LogP) is 4.30. The van der Waals surface area contributed by atoms with Crippen molar-refractivity contribution in [1.29, 1.82) is 0 Å². The van der Waals surface area contributed by atoms with E-state index in [0.29, 0.717) is 12.6 Å². The van der Waals surface area contributed by atoms with Crippen LogP contribution in [0.3, 0.4) is 0 Å². The van der Waals surface area contributed by atoms with E-state index in [1.807, 2.05) is 13.8 Å². The van der Waals surface area contributed by atoms with E-state index in [0.717, 1.165) is 23.8 Å². The molecule has 21 heavy (non-hydrogen) atoms. The van der Waals surface area contributed by atoms with E-state index in [2.05, 4.69) is 10.3 Å². The van der Waals surface area contributed by atoms with Crippen molar-refractivity contribution in [3.05, 3.63) is 52.7 Å². The maximum Gasteiger partial charge on any atom is 0.238 e. The number of benzene rings is 1. The molecular weight excluding hydrogens is 298 g/mol. The van der Waals surface area contributed by atoms with E-state index in [1.165, 1.54) is 0 Å². The summed E-state index contributed by atoms with van der Waals surface area (Å²) in [5, 5.41) is 3.46. The number of ether oxygens (including phenoxy) is 1. The summed E-state index contributed by atoms with van der Waals surface area (Å²) in [7, 11) is 0. The second kappa shape index (κ2) is 6.83. The summed E-state index contributed by atoms with van der Waals surface area (Å²) in [5.74, 6) is -1.49. The van der Waals surface area contributed by atoms with Crippen LogP contribution >= 0.6 is 11.6 Å². The topological polar surface area (TPSA) is 34.2 Å². The maximum atomic E-state index is 13.5. The van der Waals surface area contributed by atoms with Gasteiger partial charge in [-0.1, -0.05) is 25.4 Å². The molecule has 0 saturated carbocycles. The molecule has 0 spiro atoms. The van der Waals surface area contributed by atoms with Crippen molar-refractivity contribution in [2.24, 2.45) is 0 Å². The summed E-state index contributed by atoms with van der Waals surface area (Å²) in [5.41, 5.74) is 0.876. The number of pyridine rings is 1. The number of nitrogens with one attached hydrogen (secondary N) is 1. The fraction of sp³-hybridized carbons (Fsp3) is 0.267. The summed E-state index contributed by atoms with van der Waals surface area (Å²) >= 11 is 6.06. The van der Waals surface area contributed by atoms with Crippen LogP contribution in [0.2, 0.25) is 5.02 Å². The number of aromatic nitrogens is 1. The van der Waals surface area contributed by atoms with Crippen molar-refractivity contribution in [2.75, 3.05) is 0 Å². The number of nitrogens with zero attached hydrogens (tertiary/aromatic N) is 1. The quantitative estimate of drug-likeness (QED) is 0.893. The van der Waals surface area contributed by atoms with Gasteiger partial charge in [-0.25, -0.2) is 13.8 Å². The van der Waals surface area contributed by atoms with Crippen LogP contribution in [0, 0.1) is 11.6 Å². The van der Waals surface area contributed by atoms with Crippen LogP contribution in [0.5, 0.6) is 11.6 Å². The summed E-state index contributed by atoms with van der Waals surface area (Å²) in [6, 6.07) is 4.95. The Balaban J connectivity index is 2.15. The molecule has 0 unspecified atom stereocenters. The first kappa shape index (κ1) is 15.7. The molecule has 0 radical (unpaired) electrons. The Morgan fingerprint density at radius 2 is 2.05 bits per heavy atom. The molecule has 3 nitrogen and oxygen atoms in total. The highest BCUT2D eigenvalue weighted by Crippen LogP contribution is 2.29. The molecule has 0 aliphatic heterocycles. The Kier molecular flexibility index (Phi) is 5.09. The molecule has 1 aromatic heterocycles. The number of halogens is 3. The van der Waals surface area contributed by atoms with E-state index in [9.17, 15) is 8.78 Å². The lowest BCUT2D eigenvalue weighted by Crippen LogP contribution is -2.21. The van der Waals surface area contributed by atoms with E-state index < -0.39 is 11.6 Å². The first-order valence-corrected chi connectivity index (χ1v) is 6.84. The zero-order valence-corrected chi connectivity index (χ0v) is 12.4. The standard InChI is InChI=1S/C15H15ClF2N2O/c1-9(2)19-7-10-5-12(16)15(20-8-10)21-14-6-11(17)3-4-13(14)18/h3-6,8-9,19H,7H2,1-2H3. The smallest absolute Gasteiger partial charge is 0.238 e. The lowest BCUT2D eigenvalue weighted by molar-refractivity contribution is 0.422. The Morgan fingerprint density at radius 1 is 1.29 bits per heavy atom. The minimum absolute atomic E-state index is 0.0365. The third-order valence-electron chi connectivity index (χ3n) is 2.68. The van der Waals surface area contributed by atoms with Crippen LogP contribution in [0.4, 0.5) is 8.78 Å². The monoisotopic (exact) mass is 312 g/mol. The van der Waals surface area contributed by atoms with Gasteiger partial charge in [0.1, 0.15) is 10.8 Å². The van der Waals surface area contributed by atoms with Gasteiger partial charge in [0.05, 0.1) is 0 Å². The highest BCUT2D eigenvalue weighted by molar-refractivity contribution is 6.31. The summed E-state index contributed by atoms with van der Waals surface area (Å²) < 4.78 is 31.8. The van der Waals surface area contributed by atoms with Gasteiger partial charge in [0, 0.05) is 24.8 Å². The molecule has 0 saturated heterocycles. The molecule has 1 aromatic carbocycles. The molecule has 6 heteroatoms. The normalized spacial score (nSPS) is 11.0. The van der Waals surface area contributed by atoms with Gasteiger partial charge in [0.25, 0.3) is 0 Å². The van der Waals surface area contributed by atoms with E-state index in [1.54, 1.807) is 12.3 Å². The van der Waals surface area contributed by atoms with Crippen molar-refractivity contribution >= 4 is 11.6 Å². The third kappa shape index (κ3) is 4.37. The molecule has 0 amide bonds. The van der Waals surface area contributed by atoms with Gasteiger partial charge in [-0.15, -0.1) is 0 Å². The minimum Gasteiger partial charge on any atom is -0.434 e. The van der Waals surface area contributed by atoms with E-state index >= 15 is 0 Å². The Labute approximate surface area is 126 Å². The second-order valence-corrected chi connectivity index (χ2v) is 5.25. The molecule has 112 valence electrons. The Bertz CT molecular complexity index is 635. The van der Waals surface area contributed by atoms with Gasteiger partial charge in [-0.3, -0.25) is 0 Å². The number of hydrogen-bond donors (Lipinski definition) is 1. The molecule has 0 aliphatic carbocycles. The van der Waals surface area contributed by atoms with Crippen molar-refractivity contribution in [3.8, 4) is 11.6 Å². The fourth-order valence-electron chi connectivity index (χ4n) is 1.62. The average Bonchev–Trinajstić information content (AvgIpc) is 2.43. The van der Waals surface area contributed by atoms with E-state index in [-0.39, 0.29) is 16.7 Å².